The van der Waals surface area contributed by atoms with E-state index in [0.717, 1.165) is 37.6 Å². The maximum Gasteiger partial charge on any atom is 0.302 e. The van der Waals surface area contributed by atoms with Crippen molar-refractivity contribution in [1.29, 1.82) is 0 Å². The second-order valence-electron chi connectivity index (χ2n) is 6.94. The standard InChI is InChI=1S/C20H31NO2/c1-16(22)23-13-3-2-4-17-5-7-18(8-6-17)14-19-9-11-20(15-21)12-10-19/h5-8,19-20H,2-4,9-15,21H2,1H3. The summed E-state index contributed by atoms with van der Waals surface area (Å²) in [5.41, 5.74) is 8.61. The number of nitrogens with two attached hydrogens (primary N) is 1. The highest BCUT2D eigenvalue weighted by Crippen LogP contribution is 2.30. The predicted molar refractivity (Wildman–Crippen MR) is 94.2 cm³/mol. The minimum absolute atomic E-state index is 0.185. The van der Waals surface area contributed by atoms with Gasteiger partial charge in [0.2, 0.25) is 0 Å². The van der Waals surface area contributed by atoms with Crippen LogP contribution < -0.4 is 5.73 Å². The van der Waals surface area contributed by atoms with E-state index in [1.807, 2.05) is 0 Å². The molecule has 1 aromatic rings. The molecule has 0 heterocycles. The number of unbranched alkanes of at least 4 members (excludes halogenated alkanes) is 1. The molecule has 1 fully saturated rings. The SMILES string of the molecule is CC(=O)OCCCCc1ccc(CC2CCC(CN)CC2)cc1. The summed E-state index contributed by atoms with van der Waals surface area (Å²) in [5.74, 6) is 1.42. The Balaban J connectivity index is 1.67. The van der Waals surface area contributed by atoms with E-state index >= 15 is 0 Å². The topological polar surface area (TPSA) is 52.3 Å². The van der Waals surface area contributed by atoms with Crippen molar-refractivity contribution in [3.05, 3.63) is 35.4 Å². The zero-order valence-corrected chi connectivity index (χ0v) is 14.4. The molecule has 0 unspecified atom stereocenters. The smallest absolute Gasteiger partial charge is 0.302 e. The molecular weight excluding hydrogens is 286 g/mol. The van der Waals surface area contributed by atoms with Crippen LogP contribution >= 0.6 is 0 Å². The number of esters is 1. The van der Waals surface area contributed by atoms with Gasteiger partial charge in [0, 0.05) is 6.92 Å². The number of carbonyl (C=O) groups is 1. The van der Waals surface area contributed by atoms with Crippen molar-refractivity contribution in [2.24, 2.45) is 17.6 Å². The Bertz CT molecular complexity index is 461. The summed E-state index contributed by atoms with van der Waals surface area (Å²) in [4.78, 5) is 10.7. The van der Waals surface area contributed by atoms with Gasteiger partial charge in [0.05, 0.1) is 6.61 Å². The molecule has 1 aromatic carbocycles. The van der Waals surface area contributed by atoms with E-state index in [0.29, 0.717) is 6.61 Å². The lowest BCUT2D eigenvalue weighted by atomic mass is 9.79. The third kappa shape index (κ3) is 6.74. The molecule has 0 radical (unpaired) electrons. The maximum atomic E-state index is 10.7. The molecule has 0 aliphatic heterocycles. The third-order valence-electron chi connectivity index (χ3n) is 5.01. The molecule has 0 bridgehead atoms. The van der Waals surface area contributed by atoms with Crippen LogP contribution in [-0.2, 0) is 22.4 Å². The fourth-order valence-corrected chi connectivity index (χ4v) is 3.49. The lowest BCUT2D eigenvalue weighted by Gasteiger charge is -2.27. The summed E-state index contributed by atoms with van der Waals surface area (Å²) < 4.78 is 4.95. The van der Waals surface area contributed by atoms with E-state index in [-0.39, 0.29) is 5.97 Å². The van der Waals surface area contributed by atoms with Gasteiger partial charge in [-0.25, -0.2) is 0 Å². The average Bonchev–Trinajstić information content (AvgIpc) is 2.56. The van der Waals surface area contributed by atoms with Crippen molar-refractivity contribution in [2.45, 2.75) is 58.3 Å². The Labute approximate surface area is 140 Å². The highest BCUT2D eigenvalue weighted by atomic mass is 16.5. The van der Waals surface area contributed by atoms with Gasteiger partial charge in [0.15, 0.2) is 0 Å². The number of rotatable bonds is 8. The summed E-state index contributed by atoms with van der Waals surface area (Å²) >= 11 is 0. The highest BCUT2D eigenvalue weighted by Gasteiger charge is 2.20. The predicted octanol–water partition coefficient (Wildman–Crippen LogP) is 3.88. The van der Waals surface area contributed by atoms with Gasteiger partial charge in [-0.3, -0.25) is 4.79 Å². The van der Waals surface area contributed by atoms with Crippen molar-refractivity contribution < 1.29 is 9.53 Å². The van der Waals surface area contributed by atoms with Gasteiger partial charge >= 0.3 is 5.97 Å². The first-order valence-corrected chi connectivity index (χ1v) is 9.08. The van der Waals surface area contributed by atoms with Crippen LogP contribution in [0.2, 0.25) is 0 Å². The van der Waals surface area contributed by atoms with Crippen LogP contribution in [0.4, 0.5) is 0 Å². The molecule has 1 saturated carbocycles. The van der Waals surface area contributed by atoms with Gasteiger partial charge in [0.25, 0.3) is 0 Å². The molecule has 128 valence electrons. The Hall–Kier alpha value is -1.35. The molecule has 2 N–H and O–H groups in total. The van der Waals surface area contributed by atoms with E-state index in [4.69, 9.17) is 10.5 Å². The number of hydrogen-bond donors (Lipinski definition) is 1. The van der Waals surface area contributed by atoms with Crippen molar-refractivity contribution in [3.8, 4) is 0 Å². The Morgan fingerprint density at radius 1 is 1.04 bits per heavy atom. The summed E-state index contributed by atoms with van der Waals surface area (Å²) in [6.07, 6.45) is 9.55. The fraction of sp³-hybridized carbons (Fsp3) is 0.650. The quantitative estimate of drug-likeness (QED) is 0.585. The van der Waals surface area contributed by atoms with Crippen LogP contribution in [0.1, 0.15) is 56.6 Å². The van der Waals surface area contributed by atoms with Gasteiger partial charge in [-0.15, -0.1) is 0 Å². The van der Waals surface area contributed by atoms with Crippen LogP contribution in [0, 0.1) is 11.8 Å². The molecule has 0 saturated heterocycles. The largest absolute Gasteiger partial charge is 0.466 e. The summed E-state index contributed by atoms with van der Waals surface area (Å²) in [6, 6.07) is 9.09. The second kappa shape index (κ2) is 9.71. The van der Waals surface area contributed by atoms with E-state index in [1.165, 1.54) is 50.2 Å². The Morgan fingerprint density at radius 3 is 2.26 bits per heavy atom. The number of hydrogen-bond acceptors (Lipinski definition) is 3. The minimum atomic E-state index is -0.185. The van der Waals surface area contributed by atoms with Gasteiger partial charge in [0.1, 0.15) is 0 Å². The number of ether oxygens (including phenoxy) is 1. The number of aryl methyl sites for hydroxylation is 1. The molecule has 3 heteroatoms. The molecule has 0 aromatic heterocycles. The van der Waals surface area contributed by atoms with Crippen LogP contribution in [0.15, 0.2) is 24.3 Å². The molecular formula is C20H31NO2. The lowest BCUT2D eigenvalue weighted by molar-refractivity contribution is -0.141. The van der Waals surface area contributed by atoms with E-state index in [1.54, 1.807) is 0 Å². The van der Waals surface area contributed by atoms with Crippen LogP contribution in [0.3, 0.4) is 0 Å². The molecule has 23 heavy (non-hydrogen) atoms. The maximum absolute atomic E-state index is 10.7. The minimum Gasteiger partial charge on any atom is -0.466 e. The number of benzene rings is 1. The third-order valence-corrected chi connectivity index (χ3v) is 5.01. The zero-order chi connectivity index (χ0) is 16.5. The van der Waals surface area contributed by atoms with Crippen molar-refractivity contribution in [3.63, 3.8) is 0 Å². The van der Waals surface area contributed by atoms with Crippen molar-refractivity contribution in [2.75, 3.05) is 13.2 Å². The molecule has 1 aliphatic rings. The molecule has 2 rings (SSSR count). The summed E-state index contributed by atoms with van der Waals surface area (Å²) in [6.45, 7) is 2.86. The molecule has 3 nitrogen and oxygen atoms in total. The van der Waals surface area contributed by atoms with E-state index in [9.17, 15) is 4.79 Å². The molecule has 0 atom stereocenters. The second-order valence-corrected chi connectivity index (χ2v) is 6.94. The van der Waals surface area contributed by atoms with Crippen LogP contribution in [0.25, 0.3) is 0 Å². The first-order valence-electron chi connectivity index (χ1n) is 9.08. The summed E-state index contributed by atoms with van der Waals surface area (Å²) in [5, 5.41) is 0. The zero-order valence-electron chi connectivity index (χ0n) is 14.4. The van der Waals surface area contributed by atoms with E-state index in [2.05, 4.69) is 24.3 Å². The van der Waals surface area contributed by atoms with Crippen LogP contribution in [0.5, 0.6) is 0 Å². The number of carbonyl (C=O) groups excluding carboxylic acids is 1. The summed E-state index contributed by atoms with van der Waals surface area (Å²) in [7, 11) is 0. The van der Waals surface area contributed by atoms with Gasteiger partial charge in [-0.2, -0.15) is 0 Å². The van der Waals surface area contributed by atoms with Crippen molar-refractivity contribution in [1.82, 2.24) is 0 Å². The van der Waals surface area contributed by atoms with Gasteiger partial charge in [-0.1, -0.05) is 24.3 Å². The van der Waals surface area contributed by atoms with Crippen LogP contribution in [-0.4, -0.2) is 19.1 Å². The molecule has 0 amide bonds. The highest BCUT2D eigenvalue weighted by molar-refractivity contribution is 5.65. The monoisotopic (exact) mass is 317 g/mol. The van der Waals surface area contributed by atoms with Crippen molar-refractivity contribution >= 4 is 5.97 Å². The van der Waals surface area contributed by atoms with E-state index < -0.39 is 0 Å². The Kier molecular flexibility index (Phi) is 7.60. The normalized spacial score (nSPS) is 21.1. The fourth-order valence-electron chi connectivity index (χ4n) is 3.49. The molecule has 1 aliphatic carbocycles. The van der Waals surface area contributed by atoms with Gasteiger partial charge in [-0.05, 0) is 80.9 Å². The first-order chi connectivity index (χ1) is 11.2. The Morgan fingerprint density at radius 2 is 1.65 bits per heavy atom. The lowest BCUT2D eigenvalue weighted by Crippen LogP contribution is -2.22. The molecule has 0 spiro atoms. The van der Waals surface area contributed by atoms with Gasteiger partial charge < -0.3 is 10.5 Å². The average molecular weight is 317 g/mol. The first kappa shape index (κ1) is 18.0.